The highest BCUT2D eigenvalue weighted by atomic mass is 31.2. The van der Waals surface area contributed by atoms with E-state index < -0.39 is 97.5 Å². The highest BCUT2D eigenvalue weighted by Gasteiger charge is 2.30. The molecule has 546 valence electrons. The van der Waals surface area contributed by atoms with Crippen molar-refractivity contribution in [2.45, 2.75) is 382 Å². The Bertz CT molecular complexity index is 1820. The SMILES string of the molecule is CCC(C)CCCCCCCCCCCCC(=O)O[C@H](COC(=O)CCCCCCCCC(C)C)COP(=O)(O)OC[C@H](O)COP(=O)(O)OC[C@@H](COC(=O)CCCCCCCCCCCCCCCC(C)C)OC(=O)CCCCCCCCCCCCC(C)C. The van der Waals surface area contributed by atoms with Crippen LogP contribution in [0.5, 0.6) is 0 Å². The third kappa shape index (κ3) is 65.4. The second-order valence-corrected chi connectivity index (χ2v) is 30.9. The van der Waals surface area contributed by atoms with Gasteiger partial charge in [-0.05, 0) is 49.4 Å². The zero-order valence-corrected chi connectivity index (χ0v) is 62.0. The smallest absolute Gasteiger partial charge is 0.462 e. The molecule has 3 unspecified atom stereocenters. The summed E-state index contributed by atoms with van der Waals surface area (Å²) in [7, 11) is -9.91. The number of phosphoric ester groups is 2. The number of aliphatic hydroxyl groups excluding tert-OH is 1. The van der Waals surface area contributed by atoms with Gasteiger partial charge in [0.1, 0.15) is 19.3 Å². The second kappa shape index (κ2) is 62.6. The molecule has 0 aromatic rings. The number of hydrogen-bond acceptors (Lipinski definition) is 15. The Morgan fingerprint density at radius 1 is 0.304 bits per heavy atom. The molecule has 0 saturated carbocycles. The van der Waals surface area contributed by atoms with Crippen molar-refractivity contribution in [1.29, 1.82) is 0 Å². The topological polar surface area (TPSA) is 237 Å². The van der Waals surface area contributed by atoms with Crippen molar-refractivity contribution in [3.8, 4) is 0 Å². The van der Waals surface area contributed by atoms with Gasteiger partial charge in [-0.3, -0.25) is 37.3 Å². The minimum absolute atomic E-state index is 0.105. The summed E-state index contributed by atoms with van der Waals surface area (Å²) in [5.41, 5.74) is 0. The summed E-state index contributed by atoms with van der Waals surface area (Å²) in [6.07, 6.45) is 45.9. The summed E-state index contributed by atoms with van der Waals surface area (Å²) < 4.78 is 68.4. The van der Waals surface area contributed by atoms with Crippen molar-refractivity contribution >= 4 is 39.5 Å². The van der Waals surface area contributed by atoms with E-state index in [-0.39, 0.29) is 25.7 Å². The fourth-order valence-electron chi connectivity index (χ4n) is 11.0. The van der Waals surface area contributed by atoms with Gasteiger partial charge >= 0.3 is 39.5 Å². The Kier molecular flexibility index (Phi) is 61.3. The molecule has 0 heterocycles. The Morgan fingerprint density at radius 2 is 0.522 bits per heavy atom. The Balaban J connectivity index is 5.24. The van der Waals surface area contributed by atoms with E-state index in [4.69, 9.17) is 37.0 Å². The number of phosphoric acid groups is 2. The zero-order valence-electron chi connectivity index (χ0n) is 60.2. The predicted octanol–water partition coefficient (Wildman–Crippen LogP) is 20.9. The predicted molar refractivity (Wildman–Crippen MR) is 372 cm³/mol. The molecule has 0 radical (unpaired) electrons. The maximum Gasteiger partial charge on any atom is 0.472 e. The molecule has 0 bridgehead atoms. The quantitative estimate of drug-likeness (QED) is 0.0222. The van der Waals surface area contributed by atoms with Gasteiger partial charge in [-0.15, -0.1) is 0 Å². The van der Waals surface area contributed by atoms with Gasteiger partial charge in [-0.2, -0.15) is 0 Å². The Labute approximate surface area is 562 Å². The Hall–Kier alpha value is -1.94. The van der Waals surface area contributed by atoms with E-state index in [2.05, 4.69) is 55.4 Å². The largest absolute Gasteiger partial charge is 0.472 e. The first-order valence-corrected chi connectivity index (χ1v) is 40.7. The van der Waals surface area contributed by atoms with Crippen LogP contribution in [-0.4, -0.2) is 96.7 Å². The number of rotatable bonds is 70. The molecule has 19 heteroatoms. The molecule has 0 spiro atoms. The van der Waals surface area contributed by atoms with E-state index in [0.29, 0.717) is 31.6 Å². The third-order valence-electron chi connectivity index (χ3n) is 17.2. The van der Waals surface area contributed by atoms with Crippen molar-refractivity contribution in [2.75, 3.05) is 39.6 Å². The summed E-state index contributed by atoms with van der Waals surface area (Å²) in [6.45, 7) is 14.1. The first-order chi connectivity index (χ1) is 44.1. The van der Waals surface area contributed by atoms with Crippen molar-refractivity contribution in [1.82, 2.24) is 0 Å². The van der Waals surface area contributed by atoms with E-state index in [0.717, 1.165) is 114 Å². The number of ether oxygens (including phenoxy) is 4. The monoisotopic (exact) mass is 1350 g/mol. The van der Waals surface area contributed by atoms with Crippen LogP contribution >= 0.6 is 15.6 Å². The molecule has 0 aromatic carbocycles. The molecule has 0 aromatic heterocycles. The van der Waals surface area contributed by atoms with Gasteiger partial charge in [0, 0.05) is 25.7 Å². The molecule has 17 nitrogen and oxygen atoms in total. The summed E-state index contributed by atoms with van der Waals surface area (Å²) in [5, 5.41) is 10.6. The minimum atomic E-state index is -4.96. The minimum Gasteiger partial charge on any atom is -0.462 e. The summed E-state index contributed by atoms with van der Waals surface area (Å²) in [5.74, 6) is 0.899. The molecule has 0 rings (SSSR count). The van der Waals surface area contributed by atoms with Crippen molar-refractivity contribution in [3.63, 3.8) is 0 Å². The molecule has 0 aliphatic rings. The third-order valence-corrected chi connectivity index (χ3v) is 19.1. The van der Waals surface area contributed by atoms with Gasteiger partial charge in [0.15, 0.2) is 12.2 Å². The van der Waals surface area contributed by atoms with Gasteiger partial charge in [-0.1, -0.05) is 312 Å². The number of aliphatic hydroxyl groups is 1. The standard InChI is InChI=1S/C73H142O17P2/c1-9-66(8)52-44-36-27-21-16-18-24-30-40-48-56-73(78)90-69(60-84-71(76)54-46-38-32-31-35-43-51-65(6)7)62-88-92(81,82)86-58-67(74)57-85-91(79,80)87-61-68(89-72(77)55-47-39-29-23-17-15-20-26-34-42-50-64(4)5)59-83-70(75)53-45-37-28-22-14-12-10-11-13-19-25-33-41-49-63(2)3/h63-69,74H,9-62H2,1-8H3,(H,79,80)(H,81,82)/t66?,67-,68-,69-/m1/s1. The zero-order chi connectivity index (χ0) is 68.2. The van der Waals surface area contributed by atoms with Crippen LogP contribution in [0.4, 0.5) is 0 Å². The lowest BCUT2D eigenvalue weighted by molar-refractivity contribution is -0.161. The van der Waals surface area contributed by atoms with Gasteiger partial charge in [0.05, 0.1) is 26.4 Å². The lowest BCUT2D eigenvalue weighted by Crippen LogP contribution is -2.30. The number of esters is 4. The van der Waals surface area contributed by atoms with Crippen LogP contribution in [0.1, 0.15) is 364 Å². The number of hydrogen-bond donors (Lipinski definition) is 3. The average Bonchev–Trinajstić information content (AvgIpc) is 2.84. The Morgan fingerprint density at radius 3 is 0.772 bits per heavy atom. The van der Waals surface area contributed by atoms with Crippen molar-refractivity contribution in [3.05, 3.63) is 0 Å². The molecule has 92 heavy (non-hydrogen) atoms. The fraction of sp³-hybridized carbons (Fsp3) is 0.945. The van der Waals surface area contributed by atoms with E-state index in [1.54, 1.807) is 0 Å². The summed E-state index contributed by atoms with van der Waals surface area (Å²) >= 11 is 0. The van der Waals surface area contributed by atoms with Crippen LogP contribution in [0.25, 0.3) is 0 Å². The van der Waals surface area contributed by atoms with Gasteiger partial charge in [0.25, 0.3) is 0 Å². The number of carbonyl (C=O) groups excluding carboxylic acids is 4. The molecule has 0 saturated heterocycles. The fourth-order valence-corrected chi connectivity index (χ4v) is 12.6. The van der Waals surface area contributed by atoms with E-state index in [1.165, 1.54) is 161 Å². The maximum absolute atomic E-state index is 13.0. The van der Waals surface area contributed by atoms with Gasteiger partial charge in [-0.25, -0.2) is 9.13 Å². The molecular weight excluding hydrogens is 1210 g/mol. The molecule has 0 amide bonds. The summed E-state index contributed by atoms with van der Waals surface area (Å²) in [6, 6.07) is 0. The van der Waals surface area contributed by atoms with Gasteiger partial charge < -0.3 is 33.8 Å². The molecule has 0 aliphatic carbocycles. The van der Waals surface area contributed by atoms with Gasteiger partial charge in [0.2, 0.25) is 0 Å². The van der Waals surface area contributed by atoms with Crippen LogP contribution in [0.15, 0.2) is 0 Å². The van der Waals surface area contributed by atoms with Crippen LogP contribution in [0, 0.1) is 23.7 Å². The number of carbonyl (C=O) groups is 4. The molecule has 0 fully saturated rings. The van der Waals surface area contributed by atoms with Crippen LogP contribution < -0.4 is 0 Å². The molecule has 0 aliphatic heterocycles. The van der Waals surface area contributed by atoms with Crippen LogP contribution in [0.3, 0.4) is 0 Å². The van der Waals surface area contributed by atoms with E-state index >= 15 is 0 Å². The normalized spacial score (nSPS) is 14.5. The molecule has 6 atom stereocenters. The van der Waals surface area contributed by atoms with E-state index in [9.17, 15) is 43.2 Å². The van der Waals surface area contributed by atoms with Crippen LogP contribution in [-0.2, 0) is 65.4 Å². The maximum atomic E-state index is 13.0. The average molecular weight is 1350 g/mol. The van der Waals surface area contributed by atoms with E-state index in [1.807, 2.05) is 0 Å². The van der Waals surface area contributed by atoms with Crippen molar-refractivity contribution in [2.24, 2.45) is 23.7 Å². The van der Waals surface area contributed by atoms with Crippen molar-refractivity contribution < 1.29 is 80.2 Å². The first kappa shape index (κ1) is 90.1. The highest BCUT2D eigenvalue weighted by molar-refractivity contribution is 7.47. The summed E-state index contributed by atoms with van der Waals surface area (Å²) in [4.78, 5) is 72.7. The molecular formula is C73H142O17P2. The first-order valence-electron chi connectivity index (χ1n) is 37.7. The molecule has 3 N–H and O–H groups in total. The lowest BCUT2D eigenvalue weighted by Gasteiger charge is -2.21. The highest BCUT2D eigenvalue weighted by Crippen LogP contribution is 2.45. The lowest BCUT2D eigenvalue weighted by atomic mass is 9.99. The van der Waals surface area contributed by atoms with Crippen LogP contribution in [0.2, 0.25) is 0 Å². The number of unbranched alkanes of at least 4 members (excludes halogenated alkanes) is 35. The second-order valence-electron chi connectivity index (χ2n) is 28.0.